The average molecular weight is 856 g/mol. The number of hydrogen-bond acceptors (Lipinski definition) is 5. The summed E-state index contributed by atoms with van der Waals surface area (Å²) in [5.74, 6) is -0.524. The van der Waals surface area contributed by atoms with Crippen molar-refractivity contribution in [1.82, 2.24) is 5.32 Å². The fourth-order valence-corrected chi connectivity index (χ4v) is 7.92. The van der Waals surface area contributed by atoms with Gasteiger partial charge in [-0.3, -0.25) is 9.59 Å². The number of carbonyl (C=O) groups is 2. The standard InChI is InChI=1S/C55H101NO5/c1-4-7-10-13-16-19-22-25-27-28-29-32-35-38-41-44-47-53(58)52(50-57)56-54(59)49-51(46-43-40-37-34-31-24-21-18-15-12-9-6-3)61-55(60)48-45-42-39-36-33-30-26-23-20-17-14-11-8-5-2/h8,11,17,20,26,30,34,37,51-53,57-58H,4-7,9-10,12-16,18-19,21-25,27-29,31-33,35-36,38-50H2,1-3H3,(H,56,59)/b11-8+,20-17+,30-26+,37-34-. The maximum Gasteiger partial charge on any atom is 0.306 e. The molecule has 0 aromatic carbocycles. The number of nitrogens with one attached hydrogen (secondary N) is 1. The molecular formula is C55H101NO5. The molecule has 0 rings (SSSR count). The first-order chi connectivity index (χ1) is 30.0. The molecule has 3 unspecified atom stereocenters. The zero-order chi connectivity index (χ0) is 44.5. The number of aliphatic hydroxyl groups excluding tert-OH is 2. The predicted molar refractivity (Wildman–Crippen MR) is 264 cm³/mol. The average Bonchev–Trinajstić information content (AvgIpc) is 3.25. The van der Waals surface area contributed by atoms with Gasteiger partial charge in [0.2, 0.25) is 5.91 Å². The van der Waals surface area contributed by atoms with Crippen LogP contribution in [0.1, 0.15) is 265 Å². The maximum atomic E-state index is 13.2. The van der Waals surface area contributed by atoms with Crippen LogP contribution < -0.4 is 5.32 Å². The minimum absolute atomic E-state index is 0.0483. The molecule has 356 valence electrons. The number of esters is 1. The SMILES string of the molecule is CC/C=C/C/C=C/C/C=C/CCCCCCC(=O)OC(CCC/C=C\CCCCCCCCC)CC(=O)NC(CO)C(O)CCCCCCCCCCCCCCCCCC. The topological polar surface area (TPSA) is 95.9 Å². The third-order valence-corrected chi connectivity index (χ3v) is 11.9. The van der Waals surface area contributed by atoms with Gasteiger partial charge in [-0.15, -0.1) is 0 Å². The Morgan fingerprint density at radius 2 is 0.902 bits per heavy atom. The second-order valence-electron chi connectivity index (χ2n) is 17.9. The van der Waals surface area contributed by atoms with E-state index >= 15 is 0 Å². The lowest BCUT2D eigenvalue weighted by atomic mass is 10.0. The lowest BCUT2D eigenvalue weighted by Crippen LogP contribution is -2.46. The molecule has 0 aliphatic carbocycles. The summed E-state index contributed by atoms with van der Waals surface area (Å²) in [4.78, 5) is 26.1. The number of allylic oxidation sites excluding steroid dienone is 8. The van der Waals surface area contributed by atoms with E-state index in [1.807, 2.05) is 0 Å². The molecule has 0 radical (unpaired) electrons. The van der Waals surface area contributed by atoms with Crippen molar-refractivity contribution in [3.63, 3.8) is 0 Å². The number of hydrogen-bond donors (Lipinski definition) is 3. The molecule has 0 aromatic rings. The Kier molecular flexibility index (Phi) is 47.1. The molecule has 61 heavy (non-hydrogen) atoms. The van der Waals surface area contributed by atoms with Gasteiger partial charge in [-0.2, -0.15) is 0 Å². The van der Waals surface area contributed by atoms with E-state index in [2.05, 4.69) is 74.7 Å². The fourth-order valence-electron chi connectivity index (χ4n) is 7.92. The van der Waals surface area contributed by atoms with E-state index in [0.717, 1.165) is 89.9 Å². The quantitative estimate of drug-likeness (QED) is 0.0322. The zero-order valence-electron chi connectivity index (χ0n) is 40.5. The molecule has 6 nitrogen and oxygen atoms in total. The van der Waals surface area contributed by atoms with Crippen LogP contribution in [-0.2, 0) is 14.3 Å². The number of aliphatic hydroxyl groups is 2. The van der Waals surface area contributed by atoms with E-state index in [9.17, 15) is 19.8 Å². The Hall–Kier alpha value is -2.18. The molecule has 1 amide bonds. The Morgan fingerprint density at radius 1 is 0.492 bits per heavy atom. The molecule has 3 N–H and O–H groups in total. The molecule has 0 spiro atoms. The lowest BCUT2D eigenvalue weighted by Gasteiger charge is -2.24. The monoisotopic (exact) mass is 856 g/mol. The summed E-state index contributed by atoms with van der Waals surface area (Å²) >= 11 is 0. The van der Waals surface area contributed by atoms with Gasteiger partial charge in [-0.1, -0.05) is 223 Å². The van der Waals surface area contributed by atoms with Crippen LogP contribution in [0.15, 0.2) is 48.6 Å². The first-order valence-electron chi connectivity index (χ1n) is 26.4. The molecule has 0 aliphatic rings. The number of unbranched alkanes of at least 4 members (excludes halogenated alkanes) is 27. The summed E-state index contributed by atoms with van der Waals surface area (Å²) in [6, 6.07) is -0.714. The molecule has 0 bridgehead atoms. The molecule has 6 heteroatoms. The Bertz CT molecular complexity index is 1050. The van der Waals surface area contributed by atoms with Gasteiger partial charge in [0.1, 0.15) is 6.10 Å². The van der Waals surface area contributed by atoms with Gasteiger partial charge in [0.25, 0.3) is 0 Å². The van der Waals surface area contributed by atoms with Crippen LogP contribution in [0.3, 0.4) is 0 Å². The highest BCUT2D eigenvalue weighted by Crippen LogP contribution is 2.17. The van der Waals surface area contributed by atoms with E-state index in [1.165, 1.54) is 128 Å². The van der Waals surface area contributed by atoms with E-state index in [1.54, 1.807) is 0 Å². The van der Waals surface area contributed by atoms with Crippen molar-refractivity contribution in [3.05, 3.63) is 48.6 Å². The van der Waals surface area contributed by atoms with Crippen LogP contribution in [0.5, 0.6) is 0 Å². The first-order valence-corrected chi connectivity index (χ1v) is 26.4. The van der Waals surface area contributed by atoms with Crippen LogP contribution in [0.25, 0.3) is 0 Å². The van der Waals surface area contributed by atoms with Gasteiger partial charge in [0, 0.05) is 6.42 Å². The highest BCUT2D eigenvalue weighted by Gasteiger charge is 2.24. The van der Waals surface area contributed by atoms with Crippen LogP contribution in [0.2, 0.25) is 0 Å². The molecular weight excluding hydrogens is 755 g/mol. The first kappa shape index (κ1) is 58.8. The summed E-state index contributed by atoms with van der Waals surface area (Å²) in [6.45, 7) is 6.37. The second-order valence-corrected chi connectivity index (χ2v) is 17.9. The molecule has 0 aliphatic heterocycles. The molecule has 0 saturated heterocycles. The summed E-state index contributed by atoms with van der Waals surface area (Å²) in [6.07, 6.45) is 58.9. The van der Waals surface area contributed by atoms with Gasteiger partial charge in [0.15, 0.2) is 0 Å². The molecule has 0 fully saturated rings. The number of rotatable bonds is 47. The van der Waals surface area contributed by atoms with Crippen molar-refractivity contribution in [2.75, 3.05) is 6.61 Å². The third-order valence-electron chi connectivity index (χ3n) is 11.9. The van der Waals surface area contributed by atoms with Crippen molar-refractivity contribution in [2.45, 2.75) is 283 Å². The summed E-state index contributed by atoms with van der Waals surface area (Å²) in [5.41, 5.74) is 0. The zero-order valence-corrected chi connectivity index (χ0v) is 40.5. The van der Waals surface area contributed by atoms with Gasteiger partial charge in [-0.25, -0.2) is 0 Å². The van der Waals surface area contributed by atoms with E-state index < -0.39 is 18.2 Å². The van der Waals surface area contributed by atoms with E-state index in [-0.39, 0.29) is 24.9 Å². The van der Waals surface area contributed by atoms with Gasteiger partial charge < -0.3 is 20.3 Å². The molecule has 0 heterocycles. The van der Waals surface area contributed by atoms with Crippen LogP contribution in [0, 0.1) is 0 Å². The summed E-state index contributed by atoms with van der Waals surface area (Å²) < 4.78 is 5.90. The number of ether oxygens (including phenoxy) is 1. The normalized spacial score (nSPS) is 13.6. The highest BCUT2D eigenvalue weighted by atomic mass is 16.5. The molecule has 3 atom stereocenters. The second kappa shape index (κ2) is 48.8. The van der Waals surface area contributed by atoms with Crippen molar-refractivity contribution in [3.8, 4) is 0 Å². The van der Waals surface area contributed by atoms with E-state index in [4.69, 9.17) is 4.74 Å². The molecule has 0 aromatic heterocycles. The fraction of sp³-hybridized carbons (Fsp3) is 0.818. The smallest absolute Gasteiger partial charge is 0.306 e. The van der Waals surface area contributed by atoms with Gasteiger partial charge in [0.05, 0.1) is 25.2 Å². The largest absolute Gasteiger partial charge is 0.462 e. The Balaban J connectivity index is 4.56. The van der Waals surface area contributed by atoms with Gasteiger partial charge >= 0.3 is 5.97 Å². The van der Waals surface area contributed by atoms with E-state index in [0.29, 0.717) is 19.3 Å². The Labute approximate surface area is 378 Å². The van der Waals surface area contributed by atoms with Crippen molar-refractivity contribution >= 4 is 11.9 Å². The third kappa shape index (κ3) is 44.2. The van der Waals surface area contributed by atoms with Crippen LogP contribution in [-0.4, -0.2) is 46.9 Å². The highest BCUT2D eigenvalue weighted by molar-refractivity contribution is 5.77. The van der Waals surface area contributed by atoms with Crippen molar-refractivity contribution in [2.24, 2.45) is 0 Å². The van der Waals surface area contributed by atoms with Crippen LogP contribution in [0.4, 0.5) is 0 Å². The lowest BCUT2D eigenvalue weighted by molar-refractivity contribution is -0.151. The Morgan fingerprint density at radius 3 is 1.39 bits per heavy atom. The summed E-state index contributed by atoms with van der Waals surface area (Å²) in [7, 11) is 0. The van der Waals surface area contributed by atoms with Crippen molar-refractivity contribution < 1.29 is 24.5 Å². The number of carbonyl (C=O) groups excluding carboxylic acids is 2. The van der Waals surface area contributed by atoms with Crippen molar-refractivity contribution in [1.29, 1.82) is 0 Å². The van der Waals surface area contributed by atoms with Gasteiger partial charge in [-0.05, 0) is 77.0 Å². The maximum absolute atomic E-state index is 13.2. The minimum atomic E-state index is -0.798. The van der Waals surface area contributed by atoms with Crippen LogP contribution >= 0.6 is 0 Å². The predicted octanol–water partition coefficient (Wildman–Crippen LogP) is 15.8. The summed E-state index contributed by atoms with van der Waals surface area (Å²) in [5, 5.41) is 23.8. The number of amides is 1. The minimum Gasteiger partial charge on any atom is -0.462 e. The molecule has 0 saturated carbocycles.